The number of piperidine rings is 1. The van der Waals surface area contributed by atoms with Gasteiger partial charge in [0.15, 0.2) is 5.69 Å². The maximum atomic E-state index is 12.7. The second-order valence-electron chi connectivity index (χ2n) is 8.58. The maximum Gasteiger partial charge on any atom is 0.276 e. The van der Waals surface area contributed by atoms with Gasteiger partial charge in [0.25, 0.3) is 5.91 Å². The summed E-state index contributed by atoms with van der Waals surface area (Å²) in [6.45, 7) is 3.27. The molecule has 0 aromatic carbocycles. The molecule has 134 valence electrons. The Bertz CT molecular complexity index is 697. The Hall–Kier alpha value is -1.85. The molecule has 6 heteroatoms. The molecule has 5 rings (SSSR count). The molecule has 2 amide bonds. The van der Waals surface area contributed by atoms with Crippen molar-refractivity contribution in [3.8, 4) is 0 Å². The minimum atomic E-state index is -0.0235. The number of rotatable bonds is 4. The smallest absolute Gasteiger partial charge is 0.276 e. The van der Waals surface area contributed by atoms with E-state index in [1.54, 1.807) is 0 Å². The third kappa shape index (κ3) is 2.96. The van der Waals surface area contributed by atoms with Gasteiger partial charge in [0, 0.05) is 50.0 Å². The van der Waals surface area contributed by atoms with Gasteiger partial charge in [-0.25, -0.2) is 0 Å². The highest BCUT2D eigenvalue weighted by Crippen LogP contribution is 2.43. The molecule has 2 aliphatic heterocycles. The predicted octanol–water partition coefficient (Wildman–Crippen LogP) is 2.42. The normalized spacial score (nSPS) is 25.8. The zero-order chi connectivity index (χ0) is 17.0. The molecule has 0 radical (unpaired) electrons. The van der Waals surface area contributed by atoms with Crippen LogP contribution in [0.15, 0.2) is 10.6 Å². The number of likely N-dealkylation sites (tertiary alicyclic amines) is 2. The average Bonchev–Trinajstić information content (AvgIpc) is 3.53. The van der Waals surface area contributed by atoms with E-state index < -0.39 is 0 Å². The van der Waals surface area contributed by atoms with Crippen molar-refractivity contribution in [1.29, 1.82) is 0 Å². The monoisotopic (exact) mass is 343 g/mol. The van der Waals surface area contributed by atoms with Crippen LogP contribution in [0.25, 0.3) is 0 Å². The van der Waals surface area contributed by atoms with Crippen molar-refractivity contribution in [2.24, 2.45) is 11.3 Å². The van der Waals surface area contributed by atoms with Gasteiger partial charge >= 0.3 is 0 Å². The lowest BCUT2D eigenvalue weighted by Crippen LogP contribution is -2.44. The van der Waals surface area contributed by atoms with E-state index in [9.17, 15) is 9.59 Å². The molecule has 2 aliphatic carbocycles. The Morgan fingerprint density at radius 1 is 1.24 bits per heavy atom. The van der Waals surface area contributed by atoms with E-state index >= 15 is 0 Å². The van der Waals surface area contributed by atoms with Crippen LogP contribution in [0.1, 0.15) is 67.1 Å². The molecule has 4 fully saturated rings. The minimum Gasteiger partial charge on any atom is -0.360 e. The minimum absolute atomic E-state index is 0.0235. The number of carbonyl (C=O) groups excluding carboxylic acids is 2. The lowest BCUT2D eigenvalue weighted by molar-refractivity contribution is -0.128. The van der Waals surface area contributed by atoms with Crippen LogP contribution in [0.2, 0.25) is 0 Å². The van der Waals surface area contributed by atoms with E-state index in [1.165, 1.54) is 12.8 Å². The van der Waals surface area contributed by atoms with Gasteiger partial charge < -0.3 is 14.3 Å². The van der Waals surface area contributed by atoms with Crippen LogP contribution in [0.3, 0.4) is 0 Å². The third-order valence-corrected chi connectivity index (χ3v) is 6.42. The molecular formula is C19H25N3O3. The first kappa shape index (κ1) is 15.4. The topological polar surface area (TPSA) is 66.7 Å². The second-order valence-corrected chi connectivity index (χ2v) is 8.58. The SMILES string of the molecule is O=C1CC2(CCN(C(=O)c3cc(C4CC4)on3)CC2)CN1CC1CC1. The first-order valence-corrected chi connectivity index (χ1v) is 9.66. The molecule has 1 aromatic rings. The molecular weight excluding hydrogens is 318 g/mol. The van der Waals surface area contributed by atoms with E-state index in [2.05, 4.69) is 10.1 Å². The summed E-state index contributed by atoms with van der Waals surface area (Å²) in [6.07, 6.45) is 7.33. The van der Waals surface area contributed by atoms with Gasteiger partial charge in [-0.15, -0.1) is 0 Å². The van der Waals surface area contributed by atoms with E-state index in [0.717, 1.165) is 63.5 Å². The zero-order valence-electron chi connectivity index (χ0n) is 14.6. The van der Waals surface area contributed by atoms with Gasteiger partial charge in [-0.3, -0.25) is 9.59 Å². The number of nitrogens with zero attached hydrogens (tertiary/aromatic N) is 3. The van der Waals surface area contributed by atoms with Gasteiger partial charge in [0.05, 0.1) is 0 Å². The van der Waals surface area contributed by atoms with E-state index in [4.69, 9.17) is 4.52 Å². The Labute approximate surface area is 147 Å². The fraction of sp³-hybridized carbons (Fsp3) is 0.737. The fourth-order valence-corrected chi connectivity index (χ4v) is 4.39. The predicted molar refractivity (Wildman–Crippen MR) is 90.0 cm³/mol. The van der Waals surface area contributed by atoms with Gasteiger partial charge in [-0.2, -0.15) is 0 Å². The fourth-order valence-electron chi connectivity index (χ4n) is 4.39. The lowest BCUT2D eigenvalue weighted by atomic mass is 9.77. The van der Waals surface area contributed by atoms with Crippen LogP contribution < -0.4 is 0 Å². The van der Waals surface area contributed by atoms with Crippen LogP contribution in [-0.4, -0.2) is 52.9 Å². The molecule has 0 unspecified atom stereocenters. The third-order valence-electron chi connectivity index (χ3n) is 6.42. The molecule has 0 N–H and O–H groups in total. The number of aromatic nitrogens is 1. The van der Waals surface area contributed by atoms with Gasteiger partial charge in [-0.1, -0.05) is 5.16 Å². The van der Waals surface area contributed by atoms with Crippen molar-refractivity contribution in [1.82, 2.24) is 15.0 Å². The summed E-state index contributed by atoms with van der Waals surface area (Å²) in [6, 6.07) is 1.82. The van der Waals surface area contributed by atoms with Crippen molar-refractivity contribution >= 4 is 11.8 Å². The van der Waals surface area contributed by atoms with Crippen LogP contribution in [0, 0.1) is 11.3 Å². The molecule has 2 saturated heterocycles. The van der Waals surface area contributed by atoms with E-state index in [1.807, 2.05) is 11.0 Å². The number of carbonyl (C=O) groups is 2. The molecule has 1 aromatic heterocycles. The molecule has 6 nitrogen and oxygen atoms in total. The quantitative estimate of drug-likeness (QED) is 0.842. The molecule has 3 heterocycles. The number of hydrogen-bond donors (Lipinski definition) is 0. The first-order chi connectivity index (χ1) is 12.1. The zero-order valence-corrected chi connectivity index (χ0v) is 14.6. The van der Waals surface area contributed by atoms with E-state index in [-0.39, 0.29) is 11.3 Å². The lowest BCUT2D eigenvalue weighted by Gasteiger charge is -2.38. The highest BCUT2D eigenvalue weighted by Gasteiger charge is 2.46. The van der Waals surface area contributed by atoms with Crippen LogP contribution in [-0.2, 0) is 4.79 Å². The summed E-state index contributed by atoms with van der Waals surface area (Å²) < 4.78 is 5.32. The van der Waals surface area contributed by atoms with Crippen LogP contribution in [0.5, 0.6) is 0 Å². The number of hydrogen-bond acceptors (Lipinski definition) is 4. The first-order valence-electron chi connectivity index (χ1n) is 9.66. The van der Waals surface area contributed by atoms with Gasteiger partial charge in [0.2, 0.25) is 5.91 Å². The molecule has 2 saturated carbocycles. The highest BCUT2D eigenvalue weighted by molar-refractivity contribution is 5.92. The second kappa shape index (κ2) is 5.58. The van der Waals surface area contributed by atoms with Gasteiger partial charge in [-0.05, 0) is 44.4 Å². The van der Waals surface area contributed by atoms with Crippen molar-refractivity contribution in [3.63, 3.8) is 0 Å². The molecule has 25 heavy (non-hydrogen) atoms. The van der Waals surface area contributed by atoms with Crippen molar-refractivity contribution in [2.75, 3.05) is 26.2 Å². The summed E-state index contributed by atoms with van der Waals surface area (Å²) in [5.41, 5.74) is 0.530. The van der Waals surface area contributed by atoms with Crippen molar-refractivity contribution in [3.05, 3.63) is 17.5 Å². The summed E-state index contributed by atoms with van der Waals surface area (Å²) in [5, 5.41) is 3.98. The summed E-state index contributed by atoms with van der Waals surface area (Å²) in [7, 11) is 0. The van der Waals surface area contributed by atoms with Gasteiger partial charge in [0.1, 0.15) is 5.76 Å². The Morgan fingerprint density at radius 2 is 2.00 bits per heavy atom. The molecule has 4 aliphatic rings. The Morgan fingerprint density at radius 3 is 2.68 bits per heavy atom. The van der Waals surface area contributed by atoms with Crippen LogP contribution >= 0.6 is 0 Å². The summed E-state index contributed by atoms with van der Waals surface area (Å²) in [4.78, 5) is 29.0. The average molecular weight is 343 g/mol. The standard InChI is InChI=1S/C19H25N3O3/c23-17-10-19(12-22(17)11-13-1-2-13)5-7-21(8-6-19)18(24)15-9-16(25-20-15)14-3-4-14/h9,13-14H,1-8,10-12H2. The largest absolute Gasteiger partial charge is 0.360 e. The van der Waals surface area contributed by atoms with E-state index in [0.29, 0.717) is 23.9 Å². The van der Waals surface area contributed by atoms with Crippen LogP contribution in [0.4, 0.5) is 0 Å². The molecule has 0 atom stereocenters. The Kier molecular flexibility index (Phi) is 3.44. The summed E-state index contributed by atoms with van der Waals surface area (Å²) >= 11 is 0. The van der Waals surface area contributed by atoms with Crippen molar-refractivity contribution < 1.29 is 14.1 Å². The van der Waals surface area contributed by atoms with Crippen molar-refractivity contribution in [2.45, 2.75) is 50.9 Å². The maximum absolute atomic E-state index is 12.7. The summed E-state index contributed by atoms with van der Waals surface area (Å²) in [5.74, 6) is 2.37. The Balaban J connectivity index is 1.20. The number of amides is 2. The molecule has 0 bridgehead atoms. The highest BCUT2D eigenvalue weighted by atomic mass is 16.5. The molecule has 1 spiro atoms.